The fourth-order valence-electron chi connectivity index (χ4n) is 1.83. The molecule has 0 bridgehead atoms. The van der Waals surface area contributed by atoms with Crippen LogP contribution in [0, 0.1) is 12.3 Å². The molecule has 5 heteroatoms. The molecule has 0 aromatic heterocycles. The van der Waals surface area contributed by atoms with E-state index in [2.05, 4.69) is 0 Å². The Bertz CT molecular complexity index is 717. The monoisotopic (exact) mass is 288 g/mol. The van der Waals surface area contributed by atoms with Crippen molar-refractivity contribution >= 4 is 15.7 Å². The fraction of sp³-hybridized carbons (Fsp3) is 0.133. The lowest BCUT2D eigenvalue weighted by Crippen LogP contribution is -2.11. The van der Waals surface area contributed by atoms with Gasteiger partial charge in [0.25, 0.3) is 0 Å². The predicted octanol–water partition coefficient (Wildman–Crippen LogP) is 2.25. The number of sulfone groups is 1. The SMILES string of the molecule is Cc1ccc(S(=O)(=O)Cc2ccc(C(=N)N)cc2)cc1. The molecular weight excluding hydrogens is 272 g/mol. The van der Waals surface area contributed by atoms with Crippen molar-refractivity contribution in [3.8, 4) is 0 Å². The third-order valence-corrected chi connectivity index (χ3v) is 4.71. The van der Waals surface area contributed by atoms with Crippen molar-refractivity contribution < 1.29 is 8.42 Å². The van der Waals surface area contributed by atoms with Gasteiger partial charge in [0.05, 0.1) is 10.6 Å². The number of hydrogen-bond acceptors (Lipinski definition) is 3. The Kier molecular flexibility index (Phi) is 3.90. The van der Waals surface area contributed by atoms with E-state index in [-0.39, 0.29) is 11.6 Å². The van der Waals surface area contributed by atoms with Gasteiger partial charge in [-0.05, 0) is 24.6 Å². The summed E-state index contributed by atoms with van der Waals surface area (Å²) >= 11 is 0. The third kappa shape index (κ3) is 3.24. The highest BCUT2D eigenvalue weighted by molar-refractivity contribution is 7.90. The summed E-state index contributed by atoms with van der Waals surface area (Å²) in [6, 6.07) is 13.5. The van der Waals surface area contributed by atoms with E-state index in [0.29, 0.717) is 16.0 Å². The molecule has 0 aliphatic carbocycles. The molecule has 4 nitrogen and oxygen atoms in total. The highest BCUT2D eigenvalue weighted by atomic mass is 32.2. The molecule has 104 valence electrons. The molecule has 0 atom stereocenters. The summed E-state index contributed by atoms with van der Waals surface area (Å²) in [5.41, 5.74) is 7.65. The Labute approximate surface area is 118 Å². The summed E-state index contributed by atoms with van der Waals surface area (Å²) in [7, 11) is -3.35. The molecule has 20 heavy (non-hydrogen) atoms. The molecule has 0 spiro atoms. The first-order valence-corrected chi connectivity index (χ1v) is 7.76. The third-order valence-electron chi connectivity index (χ3n) is 3.00. The maximum atomic E-state index is 12.3. The molecule has 0 unspecified atom stereocenters. The lowest BCUT2D eigenvalue weighted by Gasteiger charge is -2.06. The van der Waals surface area contributed by atoms with Crippen molar-refractivity contribution in [3.63, 3.8) is 0 Å². The van der Waals surface area contributed by atoms with E-state index in [9.17, 15) is 8.42 Å². The van der Waals surface area contributed by atoms with Crippen molar-refractivity contribution in [1.82, 2.24) is 0 Å². The van der Waals surface area contributed by atoms with Crippen molar-refractivity contribution in [2.45, 2.75) is 17.6 Å². The maximum Gasteiger partial charge on any atom is 0.182 e. The zero-order chi connectivity index (χ0) is 14.8. The highest BCUT2D eigenvalue weighted by Gasteiger charge is 2.15. The number of nitrogens with two attached hydrogens (primary N) is 1. The molecule has 0 heterocycles. The first-order chi connectivity index (χ1) is 9.38. The van der Waals surface area contributed by atoms with Crippen LogP contribution in [-0.4, -0.2) is 14.3 Å². The van der Waals surface area contributed by atoms with E-state index in [1.54, 1.807) is 48.5 Å². The van der Waals surface area contributed by atoms with Gasteiger partial charge in [0.2, 0.25) is 0 Å². The molecule has 2 aromatic carbocycles. The Morgan fingerprint density at radius 1 is 1.05 bits per heavy atom. The zero-order valence-corrected chi connectivity index (χ0v) is 11.9. The normalized spacial score (nSPS) is 11.2. The number of aryl methyl sites for hydroxylation is 1. The van der Waals surface area contributed by atoms with Gasteiger partial charge >= 0.3 is 0 Å². The van der Waals surface area contributed by atoms with Crippen LogP contribution in [0.1, 0.15) is 16.7 Å². The van der Waals surface area contributed by atoms with Crippen molar-refractivity contribution in [3.05, 3.63) is 65.2 Å². The molecular formula is C15H16N2O2S. The summed E-state index contributed by atoms with van der Waals surface area (Å²) in [5, 5.41) is 7.30. The van der Waals surface area contributed by atoms with E-state index in [1.807, 2.05) is 6.92 Å². The Morgan fingerprint density at radius 3 is 2.10 bits per heavy atom. The lowest BCUT2D eigenvalue weighted by molar-refractivity contribution is 0.595. The first kappa shape index (κ1) is 14.3. The standard InChI is InChI=1S/C15H16N2O2S/c1-11-2-8-14(9-3-11)20(18,19)10-12-4-6-13(7-5-12)15(16)17/h2-9H,10H2,1H3,(H3,16,17). The first-order valence-electron chi connectivity index (χ1n) is 6.11. The quantitative estimate of drug-likeness (QED) is 0.668. The van der Waals surface area contributed by atoms with Gasteiger partial charge in [-0.3, -0.25) is 5.41 Å². The Balaban J connectivity index is 2.24. The van der Waals surface area contributed by atoms with Gasteiger partial charge in [-0.25, -0.2) is 8.42 Å². The molecule has 0 aliphatic heterocycles. The number of benzene rings is 2. The van der Waals surface area contributed by atoms with Gasteiger partial charge in [0.1, 0.15) is 5.84 Å². The van der Waals surface area contributed by atoms with Gasteiger partial charge in [0, 0.05) is 5.56 Å². The van der Waals surface area contributed by atoms with Gasteiger partial charge in [-0.2, -0.15) is 0 Å². The molecule has 0 saturated heterocycles. The van der Waals surface area contributed by atoms with Crippen LogP contribution in [0.5, 0.6) is 0 Å². The largest absolute Gasteiger partial charge is 0.384 e. The highest BCUT2D eigenvalue weighted by Crippen LogP contribution is 2.17. The Morgan fingerprint density at radius 2 is 1.60 bits per heavy atom. The van der Waals surface area contributed by atoms with Gasteiger partial charge in [-0.1, -0.05) is 42.0 Å². The average Bonchev–Trinajstić information content (AvgIpc) is 2.39. The molecule has 2 aromatic rings. The maximum absolute atomic E-state index is 12.3. The second-order valence-electron chi connectivity index (χ2n) is 4.68. The minimum atomic E-state index is -3.35. The summed E-state index contributed by atoms with van der Waals surface area (Å²) in [6.07, 6.45) is 0. The van der Waals surface area contributed by atoms with E-state index >= 15 is 0 Å². The minimum absolute atomic E-state index is 0.0297. The summed E-state index contributed by atoms with van der Waals surface area (Å²) < 4.78 is 24.5. The summed E-state index contributed by atoms with van der Waals surface area (Å²) in [5.74, 6) is -0.0909. The number of amidine groups is 1. The van der Waals surface area contributed by atoms with Crippen LogP contribution >= 0.6 is 0 Å². The smallest absolute Gasteiger partial charge is 0.182 e. The van der Waals surface area contributed by atoms with Crippen LogP contribution < -0.4 is 5.73 Å². The van der Waals surface area contributed by atoms with E-state index in [4.69, 9.17) is 11.1 Å². The van der Waals surface area contributed by atoms with Crippen molar-refractivity contribution in [2.24, 2.45) is 5.73 Å². The number of nitrogen functional groups attached to an aromatic ring is 1. The van der Waals surface area contributed by atoms with Gasteiger partial charge < -0.3 is 5.73 Å². The van der Waals surface area contributed by atoms with E-state index < -0.39 is 9.84 Å². The van der Waals surface area contributed by atoms with Crippen molar-refractivity contribution in [1.29, 1.82) is 5.41 Å². The number of nitrogens with one attached hydrogen (secondary N) is 1. The second kappa shape index (κ2) is 5.46. The second-order valence-corrected chi connectivity index (χ2v) is 6.67. The molecule has 0 radical (unpaired) electrons. The molecule has 0 aliphatic rings. The summed E-state index contributed by atoms with van der Waals surface area (Å²) in [4.78, 5) is 0.318. The number of rotatable bonds is 4. The van der Waals surface area contributed by atoms with E-state index in [1.165, 1.54) is 0 Å². The van der Waals surface area contributed by atoms with Gasteiger partial charge in [0.15, 0.2) is 9.84 Å². The Hall–Kier alpha value is -2.14. The molecule has 3 N–H and O–H groups in total. The number of hydrogen-bond donors (Lipinski definition) is 2. The molecule has 2 rings (SSSR count). The average molecular weight is 288 g/mol. The van der Waals surface area contributed by atoms with Crippen LogP contribution in [0.3, 0.4) is 0 Å². The predicted molar refractivity (Wildman–Crippen MR) is 79.5 cm³/mol. The lowest BCUT2D eigenvalue weighted by atomic mass is 10.1. The zero-order valence-electron chi connectivity index (χ0n) is 11.1. The van der Waals surface area contributed by atoms with Crippen molar-refractivity contribution in [2.75, 3.05) is 0 Å². The molecule has 0 saturated carbocycles. The molecule has 0 fully saturated rings. The van der Waals surface area contributed by atoms with Crippen LogP contribution in [0.25, 0.3) is 0 Å². The summed E-state index contributed by atoms with van der Waals surface area (Å²) in [6.45, 7) is 1.91. The molecule has 0 amide bonds. The topological polar surface area (TPSA) is 84.0 Å². The minimum Gasteiger partial charge on any atom is -0.384 e. The van der Waals surface area contributed by atoms with Crippen LogP contribution in [0.4, 0.5) is 0 Å². The van der Waals surface area contributed by atoms with E-state index in [0.717, 1.165) is 5.56 Å². The van der Waals surface area contributed by atoms with Gasteiger partial charge in [-0.15, -0.1) is 0 Å². The van der Waals surface area contributed by atoms with Crippen LogP contribution in [0.2, 0.25) is 0 Å². The fourth-order valence-corrected chi connectivity index (χ4v) is 3.18. The van der Waals surface area contributed by atoms with Crippen LogP contribution in [0.15, 0.2) is 53.4 Å². The van der Waals surface area contributed by atoms with Crippen LogP contribution in [-0.2, 0) is 15.6 Å².